The number of benzene rings is 1. The Morgan fingerprint density at radius 1 is 1.41 bits per heavy atom. The molecule has 1 heterocycles. The summed E-state index contributed by atoms with van der Waals surface area (Å²) in [5.74, 6) is -0.788. The summed E-state index contributed by atoms with van der Waals surface area (Å²) in [6.07, 6.45) is 1.39. The molecule has 5 heteroatoms. The van der Waals surface area contributed by atoms with Gasteiger partial charge in [0.15, 0.2) is 0 Å². The van der Waals surface area contributed by atoms with Gasteiger partial charge in [0.1, 0.15) is 11.9 Å². The summed E-state index contributed by atoms with van der Waals surface area (Å²) in [6.45, 7) is 1.93. The molecule has 0 aromatic heterocycles. The lowest BCUT2D eigenvalue weighted by molar-refractivity contribution is -0.118. The van der Waals surface area contributed by atoms with Gasteiger partial charge in [-0.15, -0.1) is 0 Å². The molecule has 1 saturated heterocycles. The van der Waals surface area contributed by atoms with E-state index in [1.165, 1.54) is 24.3 Å². The Kier molecular flexibility index (Phi) is 3.08. The van der Waals surface area contributed by atoms with E-state index in [1.807, 2.05) is 6.92 Å². The molecule has 17 heavy (non-hydrogen) atoms. The van der Waals surface area contributed by atoms with Gasteiger partial charge in [-0.3, -0.25) is 4.79 Å². The molecular formula is C12H13FN2O2. The third-order valence-electron chi connectivity index (χ3n) is 2.66. The van der Waals surface area contributed by atoms with Crippen LogP contribution in [0.25, 0.3) is 0 Å². The Hall–Kier alpha value is -1.91. The Bertz CT molecular complexity index is 462. The highest BCUT2D eigenvalue weighted by molar-refractivity contribution is 6.21. The molecule has 1 aliphatic rings. The molecule has 1 aromatic carbocycles. The zero-order chi connectivity index (χ0) is 12.4. The highest BCUT2D eigenvalue weighted by Gasteiger charge is 2.38. The predicted molar refractivity (Wildman–Crippen MR) is 61.1 cm³/mol. The number of hydrogen-bond acceptors (Lipinski definition) is 2. The third kappa shape index (κ3) is 2.13. The quantitative estimate of drug-likeness (QED) is 0.816. The van der Waals surface area contributed by atoms with Crippen LogP contribution in [-0.2, 0) is 4.79 Å². The maximum atomic E-state index is 13.1. The zero-order valence-electron chi connectivity index (χ0n) is 9.44. The second kappa shape index (κ2) is 4.53. The topological polar surface area (TPSA) is 49.4 Å². The normalized spacial score (nSPS) is 19.6. The van der Waals surface area contributed by atoms with Gasteiger partial charge in [-0.05, 0) is 24.6 Å². The molecule has 1 N–H and O–H groups in total. The molecule has 2 rings (SSSR count). The van der Waals surface area contributed by atoms with Crippen molar-refractivity contribution in [2.75, 3.05) is 4.90 Å². The molecule has 1 unspecified atom stereocenters. The Morgan fingerprint density at radius 2 is 2.18 bits per heavy atom. The van der Waals surface area contributed by atoms with E-state index in [1.54, 1.807) is 0 Å². The van der Waals surface area contributed by atoms with E-state index in [0.29, 0.717) is 6.42 Å². The van der Waals surface area contributed by atoms with Crippen LogP contribution in [0.4, 0.5) is 14.9 Å². The number of nitrogens with zero attached hydrogens (tertiary/aromatic N) is 1. The minimum atomic E-state index is -0.490. The van der Waals surface area contributed by atoms with Crippen LogP contribution < -0.4 is 10.2 Å². The number of rotatable bonds is 3. The van der Waals surface area contributed by atoms with Crippen molar-refractivity contribution in [3.63, 3.8) is 0 Å². The first-order chi connectivity index (χ1) is 8.13. The maximum absolute atomic E-state index is 13.1. The number of halogens is 1. The van der Waals surface area contributed by atoms with Crippen LogP contribution in [0.2, 0.25) is 0 Å². The summed E-state index contributed by atoms with van der Waals surface area (Å²) < 4.78 is 13.1. The first-order valence-corrected chi connectivity index (χ1v) is 5.53. The van der Waals surface area contributed by atoms with E-state index < -0.39 is 17.9 Å². The van der Waals surface area contributed by atoms with Gasteiger partial charge in [-0.25, -0.2) is 14.1 Å². The van der Waals surface area contributed by atoms with Crippen LogP contribution in [0.3, 0.4) is 0 Å². The molecule has 0 bridgehead atoms. The lowest BCUT2D eigenvalue weighted by atomic mass is 10.1. The maximum Gasteiger partial charge on any atom is 0.329 e. The monoisotopic (exact) mass is 236 g/mol. The summed E-state index contributed by atoms with van der Waals surface area (Å²) in [5.41, 5.74) is 0.270. The van der Waals surface area contributed by atoms with Crippen molar-refractivity contribution in [1.82, 2.24) is 5.32 Å². The van der Waals surface area contributed by atoms with Crippen LogP contribution in [0.1, 0.15) is 19.8 Å². The van der Waals surface area contributed by atoms with Gasteiger partial charge in [0, 0.05) is 0 Å². The fraction of sp³-hybridized carbons (Fsp3) is 0.333. The minimum absolute atomic E-state index is 0.270. The largest absolute Gasteiger partial charge is 0.329 e. The van der Waals surface area contributed by atoms with Crippen molar-refractivity contribution < 1.29 is 14.0 Å². The van der Waals surface area contributed by atoms with Gasteiger partial charge < -0.3 is 5.32 Å². The van der Waals surface area contributed by atoms with Crippen molar-refractivity contribution >= 4 is 17.6 Å². The zero-order valence-corrected chi connectivity index (χ0v) is 9.44. The standard InChI is InChI=1S/C12H13FN2O2/c1-2-4-10-11(16)15(12(17)14-10)9-6-3-5-8(13)7-9/h3,5-7,10H,2,4H2,1H3,(H,14,17). The summed E-state index contributed by atoms with van der Waals surface area (Å²) in [5, 5.41) is 2.59. The lowest BCUT2D eigenvalue weighted by Crippen LogP contribution is -2.31. The van der Waals surface area contributed by atoms with Crippen LogP contribution in [0.15, 0.2) is 24.3 Å². The SMILES string of the molecule is CCCC1NC(=O)N(c2cccc(F)c2)C1=O. The molecule has 1 atom stereocenters. The number of amides is 3. The van der Waals surface area contributed by atoms with Gasteiger partial charge >= 0.3 is 6.03 Å². The van der Waals surface area contributed by atoms with Gasteiger partial charge in [0.25, 0.3) is 5.91 Å². The van der Waals surface area contributed by atoms with E-state index in [-0.39, 0.29) is 11.6 Å². The Morgan fingerprint density at radius 3 is 2.82 bits per heavy atom. The van der Waals surface area contributed by atoms with Crippen molar-refractivity contribution in [3.8, 4) is 0 Å². The minimum Gasteiger partial charge on any atom is -0.325 e. The first kappa shape index (κ1) is 11.6. The van der Waals surface area contributed by atoms with Crippen molar-refractivity contribution in [2.45, 2.75) is 25.8 Å². The van der Waals surface area contributed by atoms with Gasteiger partial charge in [-0.2, -0.15) is 0 Å². The molecule has 0 radical (unpaired) electrons. The molecule has 1 fully saturated rings. The van der Waals surface area contributed by atoms with E-state index >= 15 is 0 Å². The molecule has 0 spiro atoms. The average molecular weight is 236 g/mol. The highest BCUT2D eigenvalue weighted by atomic mass is 19.1. The Labute approximate surface area is 98.4 Å². The molecule has 3 amide bonds. The highest BCUT2D eigenvalue weighted by Crippen LogP contribution is 2.21. The third-order valence-corrected chi connectivity index (χ3v) is 2.66. The van der Waals surface area contributed by atoms with Crippen LogP contribution in [-0.4, -0.2) is 18.0 Å². The summed E-state index contributed by atoms with van der Waals surface area (Å²) in [6, 6.07) is 4.47. The Balaban J connectivity index is 2.27. The van der Waals surface area contributed by atoms with Gasteiger partial charge in [0.05, 0.1) is 5.69 Å². The van der Waals surface area contributed by atoms with E-state index in [9.17, 15) is 14.0 Å². The van der Waals surface area contributed by atoms with Crippen LogP contribution in [0, 0.1) is 5.82 Å². The molecule has 1 aliphatic heterocycles. The van der Waals surface area contributed by atoms with Gasteiger partial charge in [0.2, 0.25) is 0 Å². The molecule has 0 aliphatic carbocycles. The van der Waals surface area contributed by atoms with Crippen LogP contribution in [0.5, 0.6) is 0 Å². The average Bonchev–Trinajstić information content (AvgIpc) is 2.55. The molecule has 4 nitrogen and oxygen atoms in total. The van der Waals surface area contributed by atoms with E-state index in [0.717, 1.165) is 11.3 Å². The lowest BCUT2D eigenvalue weighted by Gasteiger charge is -2.12. The van der Waals surface area contributed by atoms with Gasteiger partial charge in [-0.1, -0.05) is 19.4 Å². The predicted octanol–water partition coefficient (Wildman–Crippen LogP) is 2.05. The molecular weight excluding hydrogens is 223 g/mol. The second-order valence-corrected chi connectivity index (χ2v) is 3.94. The van der Waals surface area contributed by atoms with E-state index in [2.05, 4.69) is 5.32 Å². The fourth-order valence-electron chi connectivity index (χ4n) is 1.88. The molecule has 90 valence electrons. The van der Waals surface area contributed by atoms with Crippen molar-refractivity contribution in [3.05, 3.63) is 30.1 Å². The number of carbonyl (C=O) groups is 2. The number of carbonyl (C=O) groups excluding carboxylic acids is 2. The number of anilines is 1. The summed E-state index contributed by atoms with van der Waals surface area (Å²) >= 11 is 0. The second-order valence-electron chi connectivity index (χ2n) is 3.94. The van der Waals surface area contributed by atoms with E-state index in [4.69, 9.17) is 0 Å². The number of imide groups is 1. The smallest absolute Gasteiger partial charge is 0.325 e. The van der Waals surface area contributed by atoms with Crippen molar-refractivity contribution in [2.24, 2.45) is 0 Å². The van der Waals surface area contributed by atoms with Crippen LogP contribution >= 0.6 is 0 Å². The fourth-order valence-corrected chi connectivity index (χ4v) is 1.88. The summed E-state index contributed by atoms with van der Waals surface area (Å²) in [4.78, 5) is 24.6. The first-order valence-electron chi connectivity index (χ1n) is 5.53. The molecule has 0 saturated carbocycles. The molecule has 1 aromatic rings. The summed E-state index contributed by atoms with van der Waals surface area (Å²) in [7, 11) is 0. The number of nitrogens with one attached hydrogen (secondary N) is 1. The number of urea groups is 1. The van der Waals surface area contributed by atoms with Crippen molar-refractivity contribution in [1.29, 1.82) is 0 Å². The number of hydrogen-bond donors (Lipinski definition) is 1.